The van der Waals surface area contributed by atoms with Crippen LogP contribution in [-0.2, 0) is 11.3 Å². The Morgan fingerprint density at radius 3 is 3.13 bits per heavy atom. The number of aliphatic hydroxyl groups is 1. The summed E-state index contributed by atoms with van der Waals surface area (Å²) in [4.78, 5) is 12.5. The van der Waals surface area contributed by atoms with E-state index in [2.05, 4.69) is 5.32 Å². The van der Waals surface area contributed by atoms with E-state index in [4.69, 9.17) is 5.11 Å². The van der Waals surface area contributed by atoms with Crippen LogP contribution in [-0.4, -0.2) is 28.6 Å². The summed E-state index contributed by atoms with van der Waals surface area (Å²) in [6.07, 6.45) is 0. The number of thiophene rings is 1. The van der Waals surface area contributed by atoms with Crippen molar-refractivity contribution in [3.63, 3.8) is 0 Å². The summed E-state index contributed by atoms with van der Waals surface area (Å²) >= 11 is 3.10. The monoisotopic (exact) mass is 245 g/mol. The molecule has 0 spiro atoms. The van der Waals surface area contributed by atoms with E-state index >= 15 is 0 Å². The molecule has 5 heteroatoms. The van der Waals surface area contributed by atoms with Crippen molar-refractivity contribution < 1.29 is 9.90 Å². The maximum atomic E-state index is 11.3. The molecular formula is C10H15NO2S2. The van der Waals surface area contributed by atoms with Crippen LogP contribution in [0.25, 0.3) is 0 Å². The minimum atomic E-state index is 0.0219. The number of rotatable bonds is 6. The normalized spacial score (nSPS) is 12.4. The van der Waals surface area contributed by atoms with E-state index in [0.717, 1.165) is 4.88 Å². The van der Waals surface area contributed by atoms with Gasteiger partial charge in [-0.25, -0.2) is 0 Å². The minimum Gasteiger partial charge on any atom is -0.395 e. The molecule has 1 amide bonds. The fraction of sp³-hybridized carbons (Fsp3) is 0.500. The van der Waals surface area contributed by atoms with Gasteiger partial charge in [0.15, 0.2) is 0 Å². The van der Waals surface area contributed by atoms with Crippen molar-refractivity contribution in [1.82, 2.24) is 5.32 Å². The standard InChI is InChI=1S/C10H15NO2S2/c1-8(6-12)15-7-10(13)11-5-9-3-2-4-14-9/h2-4,8,12H,5-7H2,1H3,(H,11,13). The molecule has 0 aromatic carbocycles. The Hall–Kier alpha value is -0.520. The number of aliphatic hydroxyl groups excluding tert-OH is 1. The highest BCUT2D eigenvalue weighted by atomic mass is 32.2. The lowest BCUT2D eigenvalue weighted by atomic mass is 10.4. The van der Waals surface area contributed by atoms with Crippen molar-refractivity contribution in [2.24, 2.45) is 0 Å². The van der Waals surface area contributed by atoms with Crippen LogP contribution in [0, 0.1) is 0 Å². The molecule has 0 radical (unpaired) electrons. The predicted octanol–water partition coefficient (Wildman–Crippen LogP) is 1.48. The molecule has 0 aliphatic heterocycles. The maximum absolute atomic E-state index is 11.3. The van der Waals surface area contributed by atoms with Gasteiger partial charge in [-0.3, -0.25) is 4.79 Å². The third kappa shape index (κ3) is 5.20. The van der Waals surface area contributed by atoms with Crippen LogP contribution in [0.2, 0.25) is 0 Å². The highest BCUT2D eigenvalue weighted by Gasteiger charge is 2.05. The van der Waals surface area contributed by atoms with Crippen LogP contribution < -0.4 is 5.32 Å². The van der Waals surface area contributed by atoms with Gasteiger partial charge < -0.3 is 10.4 Å². The van der Waals surface area contributed by atoms with Crippen molar-refractivity contribution in [1.29, 1.82) is 0 Å². The molecule has 15 heavy (non-hydrogen) atoms. The summed E-state index contributed by atoms with van der Waals surface area (Å²) in [6, 6.07) is 3.96. The smallest absolute Gasteiger partial charge is 0.230 e. The lowest BCUT2D eigenvalue weighted by Gasteiger charge is -2.07. The Balaban J connectivity index is 2.14. The van der Waals surface area contributed by atoms with E-state index in [1.54, 1.807) is 11.3 Å². The Kier molecular flexibility index (Phi) is 5.75. The molecule has 0 bridgehead atoms. The van der Waals surface area contributed by atoms with Crippen LogP contribution in [0.3, 0.4) is 0 Å². The van der Waals surface area contributed by atoms with Crippen LogP contribution in [0.1, 0.15) is 11.8 Å². The molecule has 0 fully saturated rings. The zero-order valence-electron chi connectivity index (χ0n) is 8.60. The molecule has 1 unspecified atom stereocenters. The molecule has 0 saturated carbocycles. The Bertz CT molecular complexity index is 288. The summed E-state index contributed by atoms with van der Waals surface area (Å²) < 4.78 is 0. The molecule has 1 aromatic heterocycles. The maximum Gasteiger partial charge on any atom is 0.230 e. The van der Waals surface area contributed by atoms with Crippen molar-refractivity contribution in [3.8, 4) is 0 Å². The van der Waals surface area contributed by atoms with Gasteiger partial charge in [-0.1, -0.05) is 13.0 Å². The van der Waals surface area contributed by atoms with Crippen molar-refractivity contribution in [2.45, 2.75) is 18.7 Å². The third-order valence-electron chi connectivity index (χ3n) is 1.80. The highest BCUT2D eigenvalue weighted by Crippen LogP contribution is 2.10. The number of amides is 1. The highest BCUT2D eigenvalue weighted by molar-refractivity contribution is 8.00. The van der Waals surface area contributed by atoms with Gasteiger partial charge in [0.2, 0.25) is 5.91 Å². The molecule has 2 N–H and O–H groups in total. The topological polar surface area (TPSA) is 49.3 Å². The van der Waals surface area contributed by atoms with Gasteiger partial charge >= 0.3 is 0 Å². The van der Waals surface area contributed by atoms with Gasteiger partial charge in [0.1, 0.15) is 0 Å². The zero-order chi connectivity index (χ0) is 11.1. The molecule has 1 heterocycles. The van der Waals surface area contributed by atoms with Gasteiger partial charge in [0.25, 0.3) is 0 Å². The first kappa shape index (κ1) is 12.5. The molecule has 1 rings (SSSR count). The lowest BCUT2D eigenvalue weighted by molar-refractivity contribution is -0.118. The zero-order valence-corrected chi connectivity index (χ0v) is 10.2. The van der Waals surface area contributed by atoms with E-state index in [1.165, 1.54) is 11.8 Å². The van der Waals surface area contributed by atoms with Gasteiger partial charge in [-0.2, -0.15) is 0 Å². The largest absolute Gasteiger partial charge is 0.395 e. The molecule has 1 aromatic rings. The quantitative estimate of drug-likeness (QED) is 0.798. The summed E-state index contributed by atoms with van der Waals surface area (Å²) in [5.74, 6) is 0.432. The number of hydrogen-bond donors (Lipinski definition) is 2. The Morgan fingerprint density at radius 2 is 2.53 bits per heavy atom. The number of hydrogen-bond acceptors (Lipinski definition) is 4. The number of nitrogens with one attached hydrogen (secondary N) is 1. The van der Waals surface area contributed by atoms with E-state index in [-0.39, 0.29) is 17.8 Å². The molecular weight excluding hydrogens is 230 g/mol. The SMILES string of the molecule is CC(CO)SCC(=O)NCc1cccs1. The lowest BCUT2D eigenvalue weighted by Crippen LogP contribution is -2.25. The summed E-state index contributed by atoms with van der Waals surface area (Å²) in [5.41, 5.74) is 0. The van der Waals surface area contributed by atoms with Gasteiger partial charge in [-0.15, -0.1) is 23.1 Å². The fourth-order valence-corrected chi connectivity index (χ4v) is 2.21. The molecule has 0 aliphatic carbocycles. The van der Waals surface area contributed by atoms with Crippen molar-refractivity contribution in [3.05, 3.63) is 22.4 Å². The predicted molar refractivity (Wildman–Crippen MR) is 65.2 cm³/mol. The fourth-order valence-electron chi connectivity index (χ4n) is 0.921. The molecule has 3 nitrogen and oxygen atoms in total. The van der Waals surface area contributed by atoms with Gasteiger partial charge in [0, 0.05) is 10.1 Å². The second-order valence-corrected chi connectivity index (χ2v) is 5.62. The van der Waals surface area contributed by atoms with Gasteiger partial charge in [-0.05, 0) is 11.4 Å². The van der Waals surface area contributed by atoms with E-state index in [1.807, 2.05) is 24.4 Å². The van der Waals surface area contributed by atoms with Crippen molar-refractivity contribution >= 4 is 29.0 Å². The Morgan fingerprint density at radius 1 is 1.73 bits per heavy atom. The minimum absolute atomic E-state index is 0.0219. The van der Waals surface area contributed by atoms with E-state index < -0.39 is 0 Å². The van der Waals surface area contributed by atoms with E-state index in [9.17, 15) is 4.79 Å². The molecule has 84 valence electrons. The Labute approximate surface area is 97.9 Å². The number of carbonyl (C=O) groups excluding carboxylic acids is 1. The number of thioether (sulfide) groups is 1. The second kappa shape index (κ2) is 6.87. The summed E-state index contributed by atoms with van der Waals surface area (Å²) in [5, 5.41) is 13.7. The molecule has 1 atom stereocenters. The third-order valence-corrected chi connectivity index (χ3v) is 3.82. The van der Waals surface area contributed by atoms with Crippen LogP contribution >= 0.6 is 23.1 Å². The van der Waals surface area contributed by atoms with Crippen molar-refractivity contribution in [2.75, 3.05) is 12.4 Å². The first-order valence-electron chi connectivity index (χ1n) is 4.74. The summed E-state index contributed by atoms with van der Waals surface area (Å²) in [6.45, 7) is 2.62. The average Bonchev–Trinajstić information content (AvgIpc) is 2.75. The first-order chi connectivity index (χ1) is 7.22. The first-order valence-corrected chi connectivity index (χ1v) is 6.66. The molecule has 0 saturated heterocycles. The summed E-state index contributed by atoms with van der Waals surface area (Å²) in [7, 11) is 0. The van der Waals surface area contributed by atoms with Crippen LogP contribution in [0.4, 0.5) is 0 Å². The molecule has 0 aliphatic rings. The second-order valence-electron chi connectivity index (χ2n) is 3.16. The number of carbonyl (C=O) groups is 1. The average molecular weight is 245 g/mol. The van der Waals surface area contributed by atoms with Gasteiger partial charge in [0.05, 0.1) is 18.9 Å². The van der Waals surface area contributed by atoms with Crippen LogP contribution in [0.5, 0.6) is 0 Å². The van der Waals surface area contributed by atoms with E-state index in [0.29, 0.717) is 12.3 Å². The van der Waals surface area contributed by atoms with Crippen LogP contribution in [0.15, 0.2) is 17.5 Å².